The SMILES string of the molecule is CCC(CC1CCC1)C(N)CC(=O)O. The van der Waals surface area contributed by atoms with Gasteiger partial charge in [-0.05, 0) is 18.3 Å². The normalized spacial score (nSPS) is 21.3. The molecule has 0 radical (unpaired) electrons. The van der Waals surface area contributed by atoms with E-state index >= 15 is 0 Å². The minimum absolute atomic E-state index is 0.116. The van der Waals surface area contributed by atoms with Gasteiger partial charge in [0.1, 0.15) is 0 Å². The van der Waals surface area contributed by atoms with Crippen LogP contribution in [0.4, 0.5) is 0 Å². The summed E-state index contributed by atoms with van der Waals surface area (Å²) in [5.74, 6) is 0.445. The van der Waals surface area contributed by atoms with E-state index in [1.165, 1.54) is 19.3 Å². The monoisotopic (exact) mass is 199 g/mol. The summed E-state index contributed by atoms with van der Waals surface area (Å²) in [4.78, 5) is 10.5. The Hall–Kier alpha value is -0.570. The maximum atomic E-state index is 10.5. The Morgan fingerprint density at radius 3 is 2.57 bits per heavy atom. The Morgan fingerprint density at radius 1 is 1.57 bits per heavy atom. The van der Waals surface area contributed by atoms with E-state index in [0.29, 0.717) is 5.92 Å². The molecule has 3 heteroatoms. The van der Waals surface area contributed by atoms with E-state index in [1.807, 2.05) is 0 Å². The zero-order chi connectivity index (χ0) is 10.6. The third kappa shape index (κ3) is 3.29. The van der Waals surface area contributed by atoms with Crippen molar-refractivity contribution in [1.82, 2.24) is 0 Å². The molecule has 1 fully saturated rings. The molecule has 0 aromatic carbocycles. The molecule has 0 amide bonds. The molecule has 0 spiro atoms. The molecule has 82 valence electrons. The third-order valence-electron chi connectivity index (χ3n) is 3.40. The molecule has 2 atom stereocenters. The molecular formula is C11H21NO2. The number of carbonyl (C=O) groups is 1. The zero-order valence-corrected chi connectivity index (χ0v) is 8.91. The van der Waals surface area contributed by atoms with Crippen LogP contribution < -0.4 is 5.73 Å². The second-order valence-electron chi connectivity index (χ2n) is 4.46. The van der Waals surface area contributed by atoms with E-state index in [1.54, 1.807) is 0 Å². The van der Waals surface area contributed by atoms with E-state index in [2.05, 4.69) is 6.92 Å². The van der Waals surface area contributed by atoms with Gasteiger partial charge in [-0.3, -0.25) is 4.79 Å². The van der Waals surface area contributed by atoms with E-state index in [9.17, 15) is 4.79 Å². The Bertz CT molecular complexity index is 190. The fraction of sp³-hybridized carbons (Fsp3) is 0.909. The van der Waals surface area contributed by atoms with Crippen LogP contribution in [0, 0.1) is 11.8 Å². The molecule has 0 aromatic rings. The van der Waals surface area contributed by atoms with Gasteiger partial charge in [-0.2, -0.15) is 0 Å². The highest BCUT2D eigenvalue weighted by Gasteiger charge is 2.25. The van der Waals surface area contributed by atoms with Crippen LogP contribution in [0.5, 0.6) is 0 Å². The van der Waals surface area contributed by atoms with Crippen LogP contribution in [0.15, 0.2) is 0 Å². The average molecular weight is 199 g/mol. The molecule has 14 heavy (non-hydrogen) atoms. The first-order chi connectivity index (χ1) is 6.63. The highest BCUT2D eigenvalue weighted by atomic mass is 16.4. The van der Waals surface area contributed by atoms with Crippen molar-refractivity contribution in [3.63, 3.8) is 0 Å². The Morgan fingerprint density at radius 2 is 2.21 bits per heavy atom. The molecule has 1 aliphatic carbocycles. The fourth-order valence-electron chi connectivity index (χ4n) is 2.17. The number of carboxylic acid groups (broad SMARTS) is 1. The minimum Gasteiger partial charge on any atom is -0.481 e. The number of hydrogen-bond donors (Lipinski definition) is 2. The van der Waals surface area contributed by atoms with Crippen molar-refractivity contribution >= 4 is 5.97 Å². The summed E-state index contributed by atoms with van der Waals surface area (Å²) in [6, 6.07) is -0.155. The molecule has 0 aliphatic heterocycles. The lowest BCUT2D eigenvalue weighted by molar-refractivity contribution is -0.137. The van der Waals surface area contributed by atoms with E-state index in [4.69, 9.17) is 10.8 Å². The van der Waals surface area contributed by atoms with Crippen LogP contribution in [0.25, 0.3) is 0 Å². The lowest BCUT2D eigenvalue weighted by atomic mass is 9.76. The molecule has 2 unspecified atom stereocenters. The van der Waals surface area contributed by atoms with Gasteiger partial charge in [-0.1, -0.05) is 32.6 Å². The Balaban J connectivity index is 2.30. The molecule has 0 saturated heterocycles. The maximum Gasteiger partial charge on any atom is 0.304 e. The van der Waals surface area contributed by atoms with Gasteiger partial charge in [0.15, 0.2) is 0 Å². The molecule has 1 aliphatic rings. The highest BCUT2D eigenvalue weighted by Crippen LogP contribution is 2.34. The number of rotatable bonds is 6. The van der Waals surface area contributed by atoms with E-state index in [0.717, 1.165) is 18.8 Å². The predicted molar refractivity (Wildman–Crippen MR) is 56.0 cm³/mol. The van der Waals surface area contributed by atoms with Gasteiger partial charge >= 0.3 is 5.97 Å². The van der Waals surface area contributed by atoms with Crippen molar-refractivity contribution < 1.29 is 9.90 Å². The summed E-state index contributed by atoms with van der Waals surface area (Å²) in [6.45, 7) is 2.10. The first kappa shape index (κ1) is 11.5. The predicted octanol–water partition coefficient (Wildman–Crippen LogP) is 2.00. The Labute approximate surface area is 85.7 Å². The number of hydrogen-bond acceptors (Lipinski definition) is 2. The van der Waals surface area contributed by atoms with Crippen molar-refractivity contribution in [3.05, 3.63) is 0 Å². The first-order valence-electron chi connectivity index (χ1n) is 5.60. The fourth-order valence-corrected chi connectivity index (χ4v) is 2.17. The third-order valence-corrected chi connectivity index (χ3v) is 3.40. The second-order valence-corrected chi connectivity index (χ2v) is 4.46. The summed E-state index contributed by atoms with van der Waals surface area (Å²) in [5.41, 5.74) is 5.88. The quantitative estimate of drug-likeness (QED) is 0.687. The van der Waals surface area contributed by atoms with Crippen molar-refractivity contribution in [1.29, 1.82) is 0 Å². The van der Waals surface area contributed by atoms with Crippen molar-refractivity contribution in [2.45, 2.75) is 51.5 Å². The topological polar surface area (TPSA) is 63.3 Å². The average Bonchev–Trinajstić information content (AvgIpc) is 2.01. The second kappa shape index (κ2) is 5.35. The van der Waals surface area contributed by atoms with Gasteiger partial charge in [0.2, 0.25) is 0 Å². The van der Waals surface area contributed by atoms with Crippen LogP contribution in [-0.2, 0) is 4.79 Å². The van der Waals surface area contributed by atoms with Gasteiger partial charge in [-0.15, -0.1) is 0 Å². The lowest BCUT2D eigenvalue weighted by Gasteiger charge is -2.31. The molecule has 0 aromatic heterocycles. The van der Waals surface area contributed by atoms with Gasteiger partial charge in [0, 0.05) is 6.04 Å². The van der Waals surface area contributed by atoms with Crippen molar-refractivity contribution in [2.24, 2.45) is 17.6 Å². The molecule has 0 bridgehead atoms. The van der Waals surface area contributed by atoms with Gasteiger partial charge in [0.05, 0.1) is 6.42 Å². The molecular weight excluding hydrogens is 178 g/mol. The van der Waals surface area contributed by atoms with E-state index < -0.39 is 5.97 Å². The van der Waals surface area contributed by atoms with Crippen molar-refractivity contribution in [2.75, 3.05) is 0 Å². The minimum atomic E-state index is -0.774. The molecule has 0 heterocycles. The molecule has 3 nitrogen and oxygen atoms in total. The largest absolute Gasteiger partial charge is 0.481 e. The summed E-state index contributed by atoms with van der Waals surface area (Å²) in [7, 11) is 0. The number of aliphatic carboxylic acids is 1. The summed E-state index contributed by atoms with van der Waals surface area (Å²) < 4.78 is 0. The zero-order valence-electron chi connectivity index (χ0n) is 8.91. The van der Waals surface area contributed by atoms with Crippen LogP contribution >= 0.6 is 0 Å². The summed E-state index contributed by atoms with van der Waals surface area (Å²) in [5, 5.41) is 8.65. The summed E-state index contributed by atoms with van der Waals surface area (Å²) >= 11 is 0. The first-order valence-corrected chi connectivity index (χ1v) is 5.60. The maximum absolute atomic E-state index is 10.5. The van der Waals surface area contributed by atoms with Gasteiger partial charge < -0.3 is 10.8 Å². The van der Waals surface area contributed by atoms with Gasteiger partial charge in [-0.25, -0.2) is 0 Å². The molecule has 1 saturated carbocycles. The van der Waals surface area contributed by atoms with Crippen LogP contribution in [0.1, 0.15) is 45.4 Å². The number of carboxylic acids is 1. The van der Waals surface area contributed by atoms with Crippen LogP contribution in [-0.4, -0.2) is 17.1 Å². The Kier molecular flexibility index (Phi) is 4.39. The van der Waals surface area contributed by atoms with Gasteiger partial charge in [0.25, 0.3) is 0 Å². The van der Waals surface area contributed by atoms with Crippen LogP contribution in [0.2, 0.25) is 0 Å². The standard InChI is InChI=1S/C11H21NO2/c1-2-9(6-8-4-3-5-8)10(12)7-11(13)14/h8-10H,2-7,12H2,1H3,(H,13,14). The summed E-state index contributed by atoms with van der Waals surface area (Å²) in [6.07, 6.45) is 6.23. The molecule has 3 N–H and O–H groups in total. The highest BCUT2D eigenvalue weighted by molar-refractivity contribution is 5.67. The molecule has 1 rings (SSSR count). The van der Waals surface area contributed by atoms with E-state index in [-0.39, 0.29) is 12.5 Å². The van der Waals surface area contributed by atoms with Crippen LogP contribution in [0.3, 0.4) is 0 Å². The smallest absolute Gasteiger partial charge is 0.304 e. The lowest BCUT2D eigenvalue weighted by Crippen LogP contribution is -2.34. The number of nitrogens with two attached hydrogens (primary N) is 1. The van der Waals surface area contributed by atoms with Crippen molar-refractivity contribution in [3.8, 4) is 0 Å².